The molecule has 0 amide bonds. The van der Waals surface area contributed by atoms with Crippen molar-refractivity contribution < 1.29 is 38.6 Å². The minimum Gasteiger partial charge on any atom is -0.353 e. The molecule has 434 valence electrons. The standard InChI is InChI=1S/C9H20O2.C8H18NO.C8H14O2.2C8H16.C7H17NO.C7H14O.C7H14S/c1-7(2)9(10-5,11-6)8(3)4;1-6(2)8(7(3)4)9(5)10;1-5(2)7(9)8(10)6(3)4;2*1-6(2)8(5)7(3)4;1-6(2)8(5)9-7(3)4;2*1-5(2)7(8)6(3)4/h7-8H,1-6H3;6-7,10H,1-5H3;5-6H,1-4H3;2*6-7H,5H2,1-4H3;6-7H,1-5H3;2*5-6H,1-4H3/q;+1;;;;;;. The number of ether oxygens (including phenoxy) is 2. The summed E-state index contributed by atoms with van der Waals surface area (Å²) in [5, 5.41) is 11.0. The number of methoxy groups -OCH3 is 2. The molecule has 0 rings (SSSR count). The Bertz CT molecular complexity index is 1250. The lowest BCUT2D eigenvalue weighted by atomic mass is 9.91. The van der Waals surface area contributed by atoms with E-state index < -0.39 is 5.79 Å². The van der Waals surface area contributed by atoms with Gasteiger partial charge in [-0.05, 0) is 72.8 Å². The average molecular weight is 1050 g/mol. The maximum Gasteiger partial charge on any atom is 0.208 e. The highest BCUT2D eigenvalue weighted by atomic mass is 32.1. The van der Waals surface area contributed by atoms with E-state index in [0.29, 0.717) is 71.0 Å². The SMILES string of the molecule is C=C(C(C)C)C(C)C.C=C(C(C)C)C(C)C.CC(C)C(=O)C(=O)C(C)C.CC(C)C(=O)C(C)C.CC(C)C(=S)C(C)C.CC(C)C(C(C)C)=[N+](C)O.CC(C)ON(C)C(C)C.COC(OC)(C(C)C)C(C)C. The predicted octanol–water partition coefficient (Wildman–Crippen LogP) is 17.4. The fourth-order valence-corrected chi connectivity index (χ4v) is 6.80. The summed E-state index contributed by atoms with van der Waals surface area (Å²) in [6, 6.07) is 0.465. The normalized spacial score (nSPS) is 11.2. The van der Waals surface area contributed by atoms with Crippen LogP contribution in [0.15, 0.2) is 24.3 Å². The molecule has 0 aromatic carbocycles. The summed E-state index contributed by atoms with van der Waals surface area (Å²) in [6.07, 6.45) is 0.289. The maximum absolute atomic E-state index is 10.9. The summed E-state index contributed by atoms with van der Waals surface area (Å²) in [5.74, 6) is 4.86. The van der Waals surface area contributed by atoms with Gasteiger partial charge >= 0.3 is 0 Å². The van der Waals surface area contributed by atoms with E-state index in [-0.39, 0.29) is 41.3 Å². The molecule has 0 atom stereocenters. The molecule has 0 saturated carbocycles. The fourth-order valence-electron chi connectivity index (χ4n) is 6.80. The summed E-state index contributed by atoms with van der Waals surface area (Å²) < 4.78 is 12.0. The molecule has 0 saturated heterocycles. The number of rotatable bonds is 20. The average Bonchev–Trinajstić information content (AvgIpc) is 3.22. The molecule has 0 fully saturated rings. The largest absolute Gasteiger partial charge is 0.353 e. The van der Waals surface area contributed by atoms with Crippen LogP contribution in [0.25, 0.3) is 0 Å². The zero-order chi connectivity index (χ0) is 60.1. The lowest BCUT2D eigenvalue weighted by Gasteiger charge is -2.38. The third-order valence-corrected chi connectivity index (χ3v) is 12.4. The van der Waals surface area contributed by atoms with Crippen molar-refractivity contribution in [1.82, 2.24) is 5.06 Å². The molecule has 0 aliphatic heterocycles. The lowest BCUT2D eigenvalue weighted by molar-refractivity contribution is -0.757. The third kappa shape index (κ3) is 47.6. The molecule has 0 aromatic rings. The number of hydrogen-bond donors (Lipinski definition) is 1. The van der Waals surface area contributed by atoms with Crippen LogP contribution in [0.1, 0.15) is 222 Å². The molecular weight excluding hydrogens is 917 g/mol. The summed E-state index contributed by atoms with van der Waals surface area (Å²) in [4.78, 5) is 39.2. The van der Waals surface area contributed by atoms with Gasteiger partial charge in [-0.25, -0.2) is 0 Å². The Morgan fingerprint density at radius 3 is 0.736 bits per heavy atom. The van der Waals surface area contributed by atoms with Crippen molar-refractivity contribution in [3.05, 3.63) is 24.3 Å². The van der Waals surface area contributed by atoms with E-state index in [2.05, 4.69) is 165 Å². The van der Waals surface area contributed by atoms with Gasteiger partial charge < -0.3 is 9.47 Å². The number of hydroxylamine groups is 3. The highest BCUT2D eigenvalue weighted by Gasteiger charge is 2.37. The van der Waals surface area contributed by atoms with Crippen molar-refractivity contribution in [3.8, 4) is 0 Å². The van der Waals surface area contributed by atoms with Crippen LogP contribution in [-0.2, 0) is 28.7 Å². The van der Waals surface area contributed by atoms with Gasteiger partial charge in [0.25, 0.3) is 0 Å². The van der Waals surface area contributed by atoms with Crippen LogP contribution in [-0.4, -0.2) is 89.2 Å². The van der Waals surface area contributed by atoms with Gasteiger partial charge in [0.15, 0.2) is 12.8 Å². The van der Waals surface area contributed by atoms with Crippen LogP contribution in [0.2, 0.25) is 0 Å². The maximum atomic E-state index is 10.9. The molecular formula is C62H129N2O7S+. The number of allylic oxidation sites excluding steroid dienone is 2. The first-order valence-corrected chi connectivity index (χ1v) is 27.9. The molecule has 1 N–H and O–H groups in total. The monoisotopic (exact) mass is 1050 g/mol. The number of ketones is 3. The molecule has 0 heterocycles. The van der Waals surface area contributed by atoms with Gasteiger partial charge in [0.1, 0.15) is 5.78 Å². The van der Waals surface area contributed by atoms with Crippen LogP contribution in [0.4, 0.5) is 0 Å². The topological polar surface area (TPSA) is 105 Å². The molecule has 0 spiro atoms. The molecule has 0 bridgehead atoms. The van der Waals surface area contributed by atoms with Gasteiger partial charge in [-0.15, -0.1) is 0 Å². The van der Waals surface area contributed by atoms with Crippen molar-refractivity contribution in [2.75, 3.05) is 28.3 Å². The van der Waals surface area contributed by atoms with Crippen LogP contribution in [0, 0.1) is 82.9 Å². The first kappa shape index (κ1) is 86.6. The quantitative estimate of drug-likeness (QED) is 0.0186. The van der Waals surface area contributed by atoms with E-state index in [1.165, 1.54) is 20.7 Å². The Morgan fingerprint density at radius 2 is 0.708 bits per heavy atom. The Balaban J connectivity index is -0.000000109. The minimum absolute atomic E-state index is 0.157. The van der Waals surface area contributed by atoms with E-state index in [1.807, 2.05) is 53.7 Å². The molecule has 0 unspecified atom stereocenters. The van der Waals surface area contributed by atoms with Crippen LogP contribution in [0.3, 0.4) is 0 Å². The van der Waals surface area contributed by atoms with Crippen molar-refractivity contribution in [3.63, 3.8) is 0 Å². The smallest absolute Gasteiger partial charge is 0.208 e. The number of hydrogen-bond acceptors (Lipinski definition) is 9. The van der Waals surface area contributed by atoms with E-state index in [0.717, 1.165) is 5.71 Å². The number of thiocarbonyl (C=S) groups is 1. The Morgan fingerprint density at radius 1 is 0.458 bits per heavy atom. The fraction of sp³-hybridized carbons (Fsp3) is 0.855. The van der Waals surface area contributed by atoms with Crippen LogP contribution < -0.4 is 0 Å². The van der Waals surface area contributed by atoms with Gasteiger partial charge in [-0.3, -0.25) is 24.4 Å². The number of carbonyl (C=O) groups excluding carboxylic acids is 3. The van der Waals surface area contributed by atoms with E-state index >= 15 is 0 Å². The number of Topliss-reactive ketones (excluding diaryl/α,β-unsaturated/α-hetero) is 3. The van der Waals surface area contributed by atoms with Gasteiger partial charge in [0.05, 0.1) is 6.10 Å². The number of nitrogens with zero attached hydrogens (tertiary/aromatic N) is 2. The van der Waals surface area contributed by atoms with E-state index in [4.69, 9.17) is 31.7 Å². The molecule has 10 heteroatoms. The van der Waals surface area contributed by atoms with Gasteiger partial charge in [0.2, 0.25) is 17.3 Å². The summed E-state index contributed by atoms with van der Waals surface area (Å²) in [5.41, 5.74) is 3.79. The van der Waals surface area contributed by atoms with Gasteiger partial charge in [0, 0.05) is 74.7 Å². The molecule has 9 nitrogen and oxygen atoms in total. The van der Waals surface area contributed by atoms with E-state index in [9.17, 15) is 14.4 Å². The molecule has 0 aromatic heterocycles. The number of carbonyl (C=O) groups is 3. The zero-order valence-electron chi connectivity index (χ0n) is 54.9. The molecule has 72 heavy (non-hydrogen) atoms. The van der Waals surface area contributed by atoms with Crippen molar-refractivity contribution >= 4 is 40.1 Å². The van der Waals surface area contributed by atoms with Gasteiger partial charge in [-0.1, -0.05) is 230 Å². The Hall–Kier alpha value is -2.11. The third-order valence-electron chi connectivity index (χ3n) is 11.4. The van der Waals surface area contributed by atoms with Crippen LogP contribution in [0.5, 0.6) is 0 Å². The van der Waals surface area contributed by atoms with Gasteiger partial charge in [-0.2, -0.15) is 5.06 Å². The van der Waals surface area contributed by atoms with E-state index in [1.54, 1.807) is 49.0 Å². The van der Waals surface area contributed by atoms with Crippen molar-refractivity contribution in [1.29, 1.82) is 0 Å². The van der Waals surface area contributed by atoms with Crippen molar-refractivity contribution in [2.45, 2.75) is 239 Å². The predicted molar refractivity (Wildman–Crippen MR) is 322 cm³/mol. The second kappa shape index (κ2) is 47.3. The Kier molecular flexibility index (Phi) is 56.9. The second-order valence-electron chi connectivity index (χ2n) is 23.7. The highest BCUT2D eigenvalue weighted by Crippen LogP contribution is 2.30. The molecule has 0 aliphatic carbocycles. The summed E-state index contributed by atoms with van der Waals surface area (Å²) in [7, 11) is 7.02. The summed E-state index contributed by atoms with van der Waals surface area (Å²) >= 11 is 5.10. The zero-order valence-corrected chi connectivity index (χ0v) is 55.7. The first-order chi connectivity index (χ1) is 32.2. The minimum atomic E-state index is -0.417. The molecule has 0 radical (unpaired) electrons. The Labute approximate surface area is 456 Å². The highest BCUT2D eigenvalue weighted by molar-refractivity contribution is 7.80. The van der Waals surface area contributed by atoms with Crippen LogP contribution >= 0.6 is 12.2 Å². The lowest BCUT2D eigenvalue weighted by Crippen LogP contribution is -2.44. The first-order valence-electron chi connectivity index (χ1n) is 27.5. The summed E-state index contributed by atoms with van der Waals surface area (Å²) in [6.45, 7) is 73.6. The second-order valence-corrected chi connectivity index (χ2v) is 24.2. The van der Waals surface area contributed by atoms with Crippen molar-refractivity contribution in [2.24, 2.45) is 82.9 Å². The molecule has 0 aliphatic rings.